The zero-order valence-corrected chi connectivity index (χ0v) is 79.8. The molecule has 0 spiro atoms. The number of nitrogens with one attached hydrogen (secondary N) is 2. The fourth-order valence-electron chi connectivity index (χ4n) is 4.20. The Labute approximate surface area is 634 Å². The number of nitriles is 2. The van der Waals surface area contributed by atoms with Gasteiger partial charge in [-0.1, -0.05) is 107 Å². The number of nitrogens with two attached hydrogens (primary N) is 1. The first-order valence-electron chi connectivity index (χ1n) is 34.6. The monoisotopic (exact) mass is 1630 g/mol. The first-order chi connectivity index (χ1) is 43.3. The second kappa shape index (κ2) is 41.1. The summed E-state index contributed by atoms with van der Waals surface area (Å²) in [5.41, 5.74) is 0.354. The van der Waals surface area contributed by atoms with E-state index in [1.807, 2.05) is 102 Å². The summed E-state index contributed by atoms with van der Waals surface area (Å²) < 4.78 is 187. The van der Waals surface area contributed by atoms with Gasteiger partial charge in [0.15, 0.2) is 9.84 Å². The summed E-state index contributed by atoms with van der Waals surface area (Å²) in [6.07, 6.45) is 7.60. The Hall–Kier alpha value is -1.59. The van der Waals surface area contributed by atoms with Crippen LogP contribution in [0.3, 0.4) is 0 Å². The minimum absolute atomic E-state index is 0.0208. The number of methoxy groups -OCH3 is 1. The summed E-state index contributed by atoms with van der Waals surface area (Å²) >= 11 is 0. The van der Waals surface area contributed by atoms with Crippen molar-refractivity contribution in [2.45, 2.75) is 403 Å². The standard InChI is InChI=1S/C8H19NO2S.C8H13N.C8H18O.C7H15NO2S.C7H16O2S.C7H14O.C7H18Si.C6H15NO2S.C6H11NO.C4H9F5S.C4H11NO2S/c1-7(2,3)9-12(10,11)8(4,5)6;1-7(5-6-9)8(2,3)4;1-7(2,3)8(4,5)9-6;1-7(2,3)8-11(9,10)6-4-5-6;1-6(2)10(8,9)7(3,4)5;1-7(2,3)8-6-4-5-6;1-7(2,3)8(4,5)6;1-6(2,3)7(4)10(5,8)9;1-6(2,3)8-5-4-7;1-4(2,3)10(5,6,7,8)9;1-4(2,3)8(5,6)7/h9H,1-6H3;5H,1-4H3;1-6H3;6,8H,4-5H2,1-3H3;6H,1-5H3;6H,4-5H2,1-3H3;1-6H3;1-5H3;5H2,1-3H3;1-3H3;1-3H3,(H2,5,6,7)/b;7-5+;;;;;;;;;. The quantitative estimate of drug-likeness (QED) is 0.116. The van der Waals surface area contributed by atoms with Crippen molar-refractivity contribution in [3.63, 3.8) is 0 Å². The van der Waals surface area contributed by atoms with Crippen molar-refractivity contribution < 1.29 is 75.7 Å². The highest BCUT2D eigenvalue weighted by Gasteiger charge is 2.72. The maximum atomic E-state index is 11.7. The molecule has 630 valence electrons. The van der Waals surface area contributed by atoms with E-state index in [9.17, 15) is 61.5 Å². The third-order valence-electron chi connectivity index (χ3n) is 15.2. The molecule has 4 N–H and O–H groups in total. The van der Waals surface area contributed by atoms with Crippen molar-refractivity contribution in [3.8, 4) is 12.1 Å². The van der Waals surface area contributed by atoms with Crippen LogP contribution in [-0.4, -0.2) is 151 Å². The Morgan fingerprint density at radius 1 is 0.583 bits per heavy atom. The van der Waals surface area contributed by atoms with Crippen LogP contribution in [0.15, 0.2) is 11.6 Å². The van der Waals surface area contributed by atoms with Gasteiger partial charge in [-0.25, -0.2) is 56.7 Å². The molecule has 2 fully saturated rings. The summed E-state index contributed by atoms with van der Waals surface area (Å²) in [4.78, 5) is 0. The molecule has 31 heteroatoms. The van der Waals surface area contributed by atoms with Crippen molar-refractivity contribution >= 4 is 68.2 Å². The molecule has 0 bridgehead atoms. The number of rotatable bonds is 8. The SMILES string of the molecule is C/C(=C\C#N)C(C)(C)C.CC(C)(C)NS(=O)(=O)C(C)(C)C.CC(C)(C)NS(=O)(=O)C1CC1.CC(C)(C)OC1CC1.CC(C)(C)OCC#N.CC(C)(C)S(F)(F)(F)(F)F.CC(C)(C)S(N)(=O)=O.CC(C)(C)[Si](C)(C)C.CC(C)S(=O)(=O)C(C)(C)C.CN(C(C)(C)C)S(C)(=O)=O.COC(C)(C)C(C)(C)C. The molecule has 0 unspecified atom stereocenters. The Kier molecular flexibility index (Phi) is 47.8. The highest BCUT2D eigenvalue weighted by atomic mass is 32.5. The maximum Gasteiger partial charge on any atom is 0.289 e. The topological polar surface area (TPSA) is 299 Å². The molecule has 0 aromatic carbocycles. The third kappa shape index (κ3) is 64.9. The van der Waals surface area contributed by atoms with Gasteiger partial charge in [0.2, 0.25) is 40.1 Å². The molecule has 2 rings (SSSR count). The van der Waals surface area contributed by atoms with Crippen LogP contribution in [0.1, 0.15) is 310 Å². The molecule has 0 saturated heterocycles. The fraction of sp³-hybridized carbons (Fsp3) is 0.944. The normalized spacial score (nSPS) is 15.8. The predicted molar refractivity (Wildman–Crippen MR) is 436 cm³/mol. The molecule has 2 aliphatic rings. The van der Waals surface area contributed by atoms with Gasteiger partial charge >= 0.3 is 0 Å². The van der Waals surface area contributed by atoms with Crippen LogP contribution >= 0.6 is 10.2 Å². The van der Waals surface area contributed by atoms with Crippen molar-refractivity contribution in [2.75, 3.05) is 27.0 Å². The molecule has 0 aromatic rings. The van der Waals surface area contributed by atoms with Crippen molar-refractivity contribution in [3.05, 3.63) is 11.6 Å². The molecule has 0 radical (unpaired) electrons. The number of nitrogens with zero attached hydrogens (tertiary/aromatic N) is 3. The van der Waals surface area contributed by atoms with Crippen molar-refractivity contribution in [1.29, 1.82) is 10.5 Å². The van der Waals surface area contributed by atoms with Gasteiger partial charge in [-0.2, -0.15) is 14.8 Å². The first kappa shape index (κ1) is 120. The summed E-state index contributed by atoms with van der Waals surface area (Å²) in [5.74, 6) is 0. The molecule has 2 saturated carbocycles. The van der Waals surface area contributed by atoms with E-state index in [1.54, 1.807) is 96.4 Å². The Morgan fingerprint density at radius 2 is 0.893 bits per heavy atom. The van der Waals surface area contributed by atoms with Crippen LogP contribution in [0.5, 0.6) is 0 Å². The van der Waals surface area contributed by atoms with Crippen LogP contribution < -0.4 is 14.6 Å². The van der Waals surface area contributed by atoms with Gasteiger partial charge in [0.05, 0.1) is 66.0 Å². The summed E-state index contributed by atoms with van der Waals surface area (Å²) in [5, 5.41) is 21.3. The second-order valence-electron chi connectivity index (χ2n) is 39.6. The van der Waals surface area contributed by atoms with Crippen LogP contribution in [0.2, 0.25) is 24.7 Å². The molecule has 0 aliphatic heterocycles. The number of hydrogen-bond acceptors (Lipinski definition) is 15. The number of sulfone groups is 1. The summed E-state index contributed by atoms with van der Waals surface area (Å²) in [7, 11) is -22.3. The Balaban J connectivity index is -0.000000135. The Morgan fingerprint density at radius 3 is 0.961 bits per heavy atom. The molecular formula is C72H159F5N6O13S6Si. The lowest BCUT2D eigenvalue weighted by atomic mass is 9.79. The number of primary sulfonamides is 1. The van der Waals surface area contributed by atoms with E-state index >= 15 is 0 Å². The number of halogens is 5. The molecule has 2 aliphatic carbocycles. The maximum absolute atomic E-state index is 11.7. The smallest absolute Gasteiger partial charge is 0.289 e. The van der Waals surface area contributed by atoms with Crippen LogP contribution in [0.25, 0.3) is 0 Å². The highest BCUT2D eigenvalue weighted by Crippen LogP contribution is 3.03. The van der Waals surface area contributed by atoms with Gasteiger partial charge in [0.1, 0.15) is 11.4 Å². The minimum Gasteiger partial charge on any atom is -0.378 e. The Bertz CT molecular complexity index is 3150. The first-order valence-corrected chi connectivity index (χ1v) is 48.0. The van der Waals surface area contributed by atoms with E-state index in [0.29, 0.717) is 31.9 Å². The lowest BCUT2D eigenvalue weighted by Gasteiger charge is -2.50. The van der Waals surface area contributed by atoms with Gasteiger partial charge in [-0.15, -0.1) is 0 Å². The van der Waals surface area contributed by atoms with E-state index in [4.69, 9.17) is 29.9 Å². The van der Waals surface area contributed by atoms with Gasteiger partial charge in [0.25, 0.3) is 10.2 Å². The lowest BCUT2D eigenvalue weighted by molar-refractivity contribution is -0.0620. The van der Waals surface area contributed by atoms with Crippen molar-refractivity contribution in [2.24, 2.45) is 16.0 Å². The van der Waals surface area contributed by atoms with Crippen LogP contribution in [0, 0.1) is 33.5 Å². The van der Waals surface area contributed by atoms with Gasteiger partial charge in [-0.05, 0) is 263 Å². The average molecular weight is 1630 g/mol. The number of sulfonamides is 4. The van der Waals surface area contributed by atoms with Crippen LogP contribution in [-0.2, 0) is 64.1 Å². The van der Waals surface area contributed by atoms with E-state index in [-0.39, 0.29) is 55.8 Å². The minimum atomic E-state index is -9.25. The van der Waals surface area contributed by atoms with E-state index in [2.05, 4.69) is 126 Å². The zero-order valence-electron chi connectivity index (χ0n) is 73.9. The molecule has 0 amide bonds. The largest absolute Gasteiger partial charge is 0.378 e. The van der Waals surface area contributed by atoms with E-state index < -0.39 is 92.8 Å². The zero-order chi connectivity index (χ0) is 87.0. The van der Waals surface area contributed by atoms with E-state index in [1.165, 1.54) is 23.4 Å². The second-order valence-corrected chi connectivity index (χ2v) is 60.7. The van der Waals surface area contributed by atoms with Gasteiger partial charge < -0.3 is 14.2 Å². The lowest BCUT2D eigenvalue weighted by Crippen LogP contribution is -2.48. The number of allylic oxidation sites excluding steroid dienone is 2. The molecule has 0 aromatic heterocycles. The number of hydrogen-bond donors (Lipinski definition) is 3. The summed E-state index contributed by atoms with van der Waals surface area (Å²) in [6, 6.07) is 3.91. The molecule has 103 heavy (non-hydrogen) atoms. The molecular weight excluding hydrogens is 1470 g/mol. The third-order valence-corrected chi connectivity index (χ3v) is 33.0. The average Bonchev–Trinajstić information content (AvgIpc) is 1.50. The molecule has 0 heterocycles. The van der Waals surface area contributed by atoms with Crippen LogP contribution in [0.4, 0.5) is 19.4 Å². The predicted octanol–water partition coefficient (Wildman–Crippen LogP) is 20.2. The van der Waals surface area contributed by atoms with E-state index in [0.717, 1.165) is 18.4 Å². The number of ether oxygens (including phenoxy) is 3. The van der Waals surface area contributed by atoms with Gasteiger partial charge in [0, 0.05) is 44.9 Å². The summed E-state index contributed by atoms with van der Waals surface area (Å²) in [6.45, 7) is 81.8. The van der Waals surface area contributed by atoms with Gasteiger partial charge in [-0.3, -0.25) is 0 Å². The molecule has 0 atom stereocenters. The highest BCUT2D eigenvalue weighted by molar-refractivity contribution is 8.46. The molecule has 19 nitrogen and oxygen atoms in total. The van der Waals surface area contributed by atoms with Crippen molar-refractivity contribution in [1.82, 2.24) is 13.7 Å². The fourth-order valence-corrected chi connectivity index (χ4v) is 9.50.